The minimum atomic E-state index is 0.189. The van der Waals surface area contributed by atoms with E-state index >= 15 is 0 Å². The van der Waals surface area contributed by atoms with Gasteiger partial charge in [-0.3, -0.25) is 10.00 Å². The Kier molecular flexibility index (Phi) is 7.09. The Bertz CT molecular complexity index is 524. The Morgan fingerprint density at radius 3 is 2.42 bits per heavy atom. The molecule has 0 atom stereocenters. The van der Waals surface area contributed by atoms with Crippen LogP contribution in [0.15, 0.2) is 6.20 Å². The molecular weight excluding hydrogens is 328 g/mol. The third-order valence-corrected chi connectivity index (χ3v) is 6.19. The van der Waals surface area contributed by atoms with Gasteiger partial charge in [0.05, 0.1) is 19.4 Å². The van der Waals surface area contributed by atoms with Crippen molar-refractivity contribution in [1.29, 1.82) is 0 Å². The fourth-order valence-corrected chi connectivity index (χ4v) is 4.48. The largest absolute Gasteiger partial charge is 0.381 e. The number of ether oxygens (including phenoxy) is 2. The molecule has 148 valence electrons. The number of nitrogens with one attached hydrogen (secondary N) is 1. The van der Waals surface area contributed by atoms with Crippen LogP contribution in [0.1, 0.15) is 56.7 Å². The molecule has 3 rings (SSSR count). The van der Waals surface area contributed by atoms with E-state index in [4.69, 9.17) is 15.2 Å². The zero-order valence-corrected chi connectivity index (χ0v) is 16.5. The molecule has 2 heterocycles. The lowest BCUT2D eigenvalue weighted by Crippen LogP contribution is -2.49. The number of likely N-dealkylation sites (tertiary alicyclic amines) is 1. The molecule has 6 nitrogen and oxygen atoms in total. The molecule has 0 aromatic carbocycles. The average molecular weight is 365 g/mol. The van der Waals surface area contributed by atoms with Gasteiger partial charge in [-0.25, -0.2) is 0 Å². The van der Waals surface area contributed by atoms with Crippen molar-refractivity contribution < 1.29 is 9.47 Å². The quantitative estimate of drug-likeness (QED) is 0.667. The SMILES string of the molecule is CCOCC1(COCC)CCC(c2[nH]ncc2CN2CC(CN)C2)CC1. The summed E-state index contributed by atoms with van der Waals surface area (Å²) in [5, 5.41) is 7.66. The summed E-state index contributed by atoms with van der Waals surface area (Å²) in [5.74, 6) is 1.26. The van der Waals surface area contributed by atoms with Crippen molar-refractivity contribution in [3.05, 3.63) is 17.5 Å². The Morgan fingerprint density at radius 2 is 1.85 bits per heavy atom. The minimum absolute atomic E-state index is 0.189. The van der Waals surface area contributed by atoms with Crippen molar-refractivity contribution in [2.24, 2.45) is 17.1 Å². The van der Waals surface area contributed by atoms with E-state index in [2.05, 4.69) is 28.9 Å². The van der Waals surface area contributed by atoms with E-state index in [0.717, 1.165) is 65.4 Å². The molecule has 6 heteroatoms. The first-order chi connectivity index (χ1) is 12.7. The van der Waals surface area contributed by atoms with Crippen LogP contribution in [0.2, 0.25) is 0 Å². The highest BCUT2D eigenvalue weighted by Crippen LogP contribution is 2.44. The molecule has 1 saturated heterocycles. The lowest BCUT2D eigenvalue weighted by molar-refractivity contribution is -0.0397. The van der Waals surface area contributed by atoms with E-state index in [1.807, 2.05) is 6.20 Å². The van der Waals surface area contributed by atoms with Gasteiger partial charge in [0.1, 0.15) is 0 Å². The van der Waals surface area contributed by atoms with Crippen molar-refractivity contribution >= 4 is 0 Å². The highest BCUT2D eigenvalue weighted by Gasteiger charge is 2.37. The second-order valence-electron chi connectivity index (χ2n) is 8.15. The van der Waals surface area contributed by atoms with E-state index in [0.29, 0.717) is 11.8 Å². The fraction of sp³-hybridized carbons (Fsp3) is 0.850. The van der Waals surface area contributed by atoms with Crippen LogP contribution in [0.5, 0.6) is 0 Å². The number of hydrogen-bond acceptors (Lipinski definition) is 5. The molecule has 3 N–H and O–H groups in total. The van der Waals surface area contributed by atoms with Gasteiger partial charge < -0.3 is 15.2 Å². The molecule has 0 unspecified atom stereocenters. The standard InChI is InChI=1S/C20H36N4O2/c1-3-25-14-20(15-26-4-2)7-5-17(6-8-20)19-18(10-22-23-19)13-24-11-16(9-21)12-24/h10,16-17H,3-9,11-15,21H2,1-2H3,(H,22,23). The second kappa shape index (κ2) is 9.31. The number of hydrogen-bond donors (Lipinski definition) is 2. The Hall–Kier alpha value is -0.950. The molecule has 0 spiro atoms. The minimum Gasteiger partial charge on any atom is -0.381 e. The number of aromatic amines is 1. The summed E-state index contributed by atoms with van der Waals surface area (Å²) >= 11 is 0. The molecule has 0 bridgehead atoms. The van der Waals surface area contributed by atoms with Crippen molar-refractivity contribution in [2.75, 3.05) is 46.1 Å². The molecular formula is C20H36N4O2. The maximum atomic E-state index is 5.80. The molecule has 1 aliphatic carbocycles. The van der Waals surface area contributed by atoms with Crippen molar-refractivity contribution in [3.8, 4) is 0 Å². The van der Waals surface area contributed by atoms with Crippen LogP contribution >= 0.6 is 0 Å². The first kappa shape index (κ1) is 19.8. The second-order valence-corrected chi connectivity index (χ2v) is 8.15. The van der Waals surface area contributed by atoms with Gasteiger partial charge in [-0.2, -0.15) is 5.10 Å². The summed E-state index contributed by atoms with van der Waals surface area (Å²) in [6, 6.07) is 0. The van der Waals surface area contributed by atoms with Gasteiger partial charge in [-0.15, -0.1) is 0 Å². The van der Waals surface area contributed by atoms with Crippen LogP contribution in [0, 0.1) is 11.3 Å². The van der Waals surface area contributed by atoms with Gasteiger partial charge in [0.2, 0.25) is 0 Å². The highest BCUT2D eigenvalue weighted by atomic mass is 16.5. The topological polar surface area (TPSA) is 76.4 Å². The first-order valence-electron chi connectivity index (χ1n) is 10.3. The average Bonchev–Trinajstić information content (AvgIpc) is 3.10. The lowest BCUT2D eigenvalue weighted by Gasteiger charge is -2.40. The Labute approximate surface area is 157 Å². The van der Waals surface area contributed by atoms with Gasteiger partial charge in [0.25, 0.3) is 0 Å². The third kappa shape index (κ3) is 4.66. The van der Waals surface area contributed by atoms with E-state index in [1.54, 1.807) is 0 Å². The molecule has 26 heavy (non-hydrogen) atoms. The van der Waals surface area contributed by atoms with Crippen molar-refractivity contribution in [1.82, 2.24) is 15.1 Å². The highest BCUT2D eigenvalue weighted by molar-refractivity contribution is 5.22. The number of aromatic nitrogens is 2. The summed E-state index contributed by atoms with van der Waals surface area (Å²) in [6.45, 7) is 11.4. The third-order valence-electron chi connectivity index (χ3n) is 6.19. The van der Waals surface area contributed by atoms with Gasteiger partial charge in [0.15, 0.2) is 0 Å². The van der Waals surface area contributed by atoms with E-state index in [1.165, 1.54) is 24.1 Å². The molecule has 1 aromatic heterocycles. The molecule has 1 saturated carbocycles. The molecule has 1 aliphatic heterocycles. The molecule has 0 amide bonds. The van der Waals surface area contributed by atoms with Crippen LogP contribution in [0.4, 0.5) is 0 Å². The normalized spacial score (nSPS) is 21.8. The predicted molar refractivity (Wildman–Crippen MR) is 103 cm³/mol. The summed E-state index contributed by atoms with van der Waals surface area (Å²) in [6.07, 6.45) is 6.71. The van der Waals surface area contributed by atoms with E-state index < -0.39 is 0 Å². The van der Waals surface area contributed by atoms with Crippen LogP contribution < -0.4 is 5.73 Å². The number of rotatable bonds is 10. The number of nitrogens with two attached hydrogens (primary N) is 1. The summed E-state index contributed by atoms with van der Waals surface area (Å²) in [7, 11) is 0. The van der Waals surface area contributed by atoms with Crippen LogP contribution in [-0.2, 0) is 16.0 Å². The van der Waals surface area contributed by atoms with Gasteiger partial charge in [-0.1, -0.05) is 0 Å². The monoisotopic (exact) mass is 364 g/mol. The number of nitrogens with zero attached hydrogens (tertiary/aromatic N) is 2. The molecule has 2 aliphatic rings. The van der Waals surface area contributed by atoms with Crippen LogP contribution in [0.25, 0.3) is 0 Å². The van der Waals surface area contributed by atoms with Crippen molar-refractivity contribution in [3.63, 3.8) is 0 Å². The van der Waals surface area contributed by atoms with E-state index in [9.17, 15) is 0 Å². The van der Waals surface area contributed by atoms with Crippen LogP contribution in [0.3, 0.4) is 0 Å². The smallest absolute Gasteiger partial charge is 0.0544 e. The predicted octanol–water partition coefficient (Wildman–Crippen LogP) is 2.52. The summed E-state index contributed by atoms with van der Waals surface area (Å²) in [5.41, 5.74) is 8.65. The zero-order chi connectivity index (χ0) is 18.4. The Balaban J connectivity index is 1.56. The number of H-pyrrole nitrogens is 1. The summed E-state index contributed by atoms with van der Waals surface area (Å²) in [4.78, 5) is 2.48. The van der Waals surface area contributed by atoms with Gasteiger partial charge >= 0.3 is 0 Å². The summed E-state index contributed by atoms with van der Waals surface area (Å²) < 4.78 is 11.6. The lowest BCUT2D eigenvalue weighted by atomic mass is 9.70. The van der Waals surface area contributed by atoms with Gasteiger partial charge in [-0.05, 0) is 52.0 Å². The van der Waals surface area contributed by atoms with Gasteiger partial charge in [0, 0.05) is 55.4 Å². The molecule has 2 fully saturated rings. The molecule has 0 radical (unpaired) electrons. The Morgan fingerprint density at radius 1 is 1.19 bits per heavy atom. The van der Waals surface area contributed by atoms with Crippen molar-refractivity contribution in [2.45, 2.75) is 52.0 Å². The first-order valence-corrected chi connectivity index (χ1v) is 10.3. The van der Waals surface area contributed by atoms with Crippen LogP contribution in [-0.4, -0.2) is 61.2 Å². The van der Waals surface area contributed by atoms with E-state index in [-0.39, 0.29) is 5.41 Å². The molecule has 1 aromatic rings. The fourth-order valence-electron chi connectivity index (χ4n) is 4.48. The zero-order valence-electron chi connectivity index (χ0n) is 16.5. The maximum Gasteiger partial charge on any atom is 0.0544 e. The maximum absolute atomic E-state index is 5.80.